The van der Waals surface area contributed by atoms with Crippen LogP contribution >= 0.6 is 0 Å². The smallest absolute Gasteiger partial charge is 0.104 e. The number of aryl methyl sites for hydroxylation is 1. The molecule has 1 aromatic carbocycles. The lowest BCUT2D eigenvalue weighted by Crippen LogP contribution is -2.31. The van der Waals surface area contributed by atoms with Gasteiger partial charge in [0, 0.05) is 12.5 Å². The van der Waals surface area contributed by atoms with E-state index >= 15 is 0 Å². The number of nitrogens with one attached hydrogen (secondary N) is 1. The molecule has 2 rings (SSSR count). The molecular formula is C18H25NO. The number of hydrogen-bond acceptors (Lipinski definition) is 2. The van der Waals surface area contributed by atoms with Crippen LogP contribution in [-0.4, -0.2) is 12.6 Å². The standard InChI is InChI=1S/C18H25NO/c1-14(2)19-13-17(12-18-5-4-10-20-18)11-16-8-6-15(3)7-9-16/h4-10,14,17,19H,11-13H2,1-3H3. The van der Waals surface area contributed by atoms with E-state index in [1.807, 2.05) is 6.07 Å². The van der Waals surface area contributed by atoms with Crippen molar-refractivity contribution in [2.45, 2.75) is 39.7 Å². The first-order valence-electron chi connectivity index (χ1n) is 7.45. The van der Waals surface area contributed by atoms with Gasteiger partial charge < -0.3 is 9.73 Å². The Hall–Kier alpha value is -1.54. The van der Waals surface area contributed by atoms with Crippen LogP contribution in [0.3, 0.4) is 0 Å². The molecule has 0 radical (unpaired) electrons. The van der Waals surface area contributed by atoms with E-state index in [0.717, 1.165) is 25.1 Å². The van der Waals surface area contributed by atoms with E-state index in [2.05, 4.69) is 56.4 Å². The average Bonchev–Trinajstić information content (AvgIpc) is 2.91. The predicted molar refractivity (Wildman–Crippen MR) is 83.9 cm³/mol. The molecule has 2 nitrogen and oxygen atoms in total. The molecule has 1 aromatic heterocycles. The van der Waals surface area contributed by atoms with Crippen LogP contribution < -0.4 is 5.32 Å². The van der Waals surface area contributed by atoms with Gasteiger partial charge in [0.25, 0.3) is 0 Å². The summed E-state index contributed by atoms with van der Waals surface area (Å²) in [6, 6.07) is 13.4. The maximum atomic E-state index is 5.50. The second-order valence-corrected chi connectivity index (χ2v) is 5.90. The fourth-order valence-corrected chi connectivity index (χ4v) is 2.39. The van der Waals surface area contributed by atoms with E-state index in [1.165, 1.54) is 11.1 Å². The van der Waals surface area contributed by atoms with Gasteiger partial charge in [-0.3, -0.25) is 0 Å². The predicted octanol–water partition coefficient (Wildman–Crippen LogP) is 3.99. The van der Waals surface area contributed by atoms with Gasteiger partial charge in [-0.2, -0.15) is 0 Å². The topological polar surface area (TPSA) is 25.2 Å². The average molecular weight is 271 g/mol. The quantitative estimate of drug-likeness (QED) is 0.823. The highest BCUT2D eigenvalue weighted by molar-refractivity contribution is 5.22. The van der Waals surface area contributed by atoms with Gasteiger partial charge in [0.2, 0.25) is 0 Å². The molecule has 0 saturated heterocycles. The summed E-state index contributed by atoms with van der Waals surface area (Å²) in [4.78, 5) is 0. The van der Waals surface area contributed by atoms with E-state index in [9.17, 15) is 0 Å². The molecule has 2 aromatic rings. The monoisotopic (exact) mass is 271 g/mol. The van der Waals surface area contributed by atoms with E-state index in [0.29, 0.717) is 12.0 Å². The molecule has 108 valence electrons. The van der Waals surface area contributed by atoms with Gasteiger partial charge in [0.15, 0.2) is 0 Å². The number of benzene rings is 1. The summed E-state index contributed by atoms with van der Waals surface area (Å²) in [5, 5.41) is 3.55. The van der Waals surface area contributed by atoms with Gasteiger partial charge >= 0.3 is 0 Å². The Morgan fingerprint density at radius 3 is 2.40 bits per heavy atom. The summed E-state index contributed by atoms with van der Waals surface area (Å²) in [6.07, 6.45) is 3.83. The van der Waals surface area contributed by atoms with Crippen LogP contribution in [0.4, 0.5) is 0 Å². The van der Waals surface area contributed by atoms with Crippen molar-refractivity contribution in [1.29, 1.82) is 0 Å². The molecule has 0 aliphatic heterocycles. The van der Waals surface area contributed by atoms with Crippen molar-refractivity contribution in [1.82, 2.24) is 5.32 Å². The lowest BCUT2D eigenvalue weighted by atomic mass is 9.94. The zero-order valence-corrected chi connectivity index (χ0v) is 12.7. The molecule has 0 saturated carbocycles. The summed E-state index contributed by atoms with van der Waals surface area (Å²) in [7, 11) is 0. The molecular weight excluding hydrogens is 246 g/mol. The normalized spacial score (nSPS) is 12.8. The fraction of sp³-hybridized carbons (Fsp3) is 0.444. The molecule has 20 heavy (non-hydrogen) atoms. The van der Waals surface area contributed by atoms with Crippen LogP contribution in [0.2, 0.25) is 0 Å². The van der Waals surface area contributed by atoms with E-state index in [1.54, 1.807) is 6.26 Å². The fourth-order valence-electron chi connectivity index (χ4n) is 2.39. The molecule has 1 unspecified atom stereocenters. The largest absolute Gasteiger partial charge is 0.469 e. The molecule has 0 aliphatic carbocycles. The van der Waals surface area contributed by atoms with Crippen molar-refractivity contribution < 1.29 is 4.42 Å². The minimum atomic E-state index is 0.520. The molecule has 2 heteroatoms. The van der Waals surface area contributed by atoms with Crippen LogP contribution in [0.1, 0.15) is 30.7 Å². The van der Waals surface area contributed by atoms with Crippen molar-refractivity contribution >= 4 is 0 Å². The number of hydrogen-bond donors (Lipinski definition) is 1. The molecule has 0 fully saturated rings. The second kappa shape index (κ2) is 7.30. The van der Waals surface area contributed by atoms with Crippen LogP contribution in [0, 0.1) is 12.8 Å². The maximum Gasteiger partial charge on any atom is 0.104 e. The van der Waals surface area contributed by atoms with Crippen LogP contribution in [0.15, 0.2) is 47.1 Å². The summed E-state index contributed by atoms with van der Waals surface area (Å²) in [5.74, 6) is 1.64. The first-order valence-corrected chi connectivity index (χ1v) is 7.45. The SMILES string of the molecule is Cc1ccc(CC(CNC(C)C)Cc2ccco2)cc1. The molecule has 0 aliphatic rings. The zero-order chi connectivity index (χ0) is 14.4. The van der Waals surface area contributed by atoms with Crippen LogP contribution in [-0.2, 0) is 12.8 Å². The molecule has 0 spiro atoms. The van der Waals surface area contributed by atoms with E-state index < -0.39 is 0 Å². The lowest BCUT2D eigenvalue weighted by molar-refractivity contribution is 0.402. The van der Waals surface area contributed by atoms with Gasteiger partial charge in [0.1, 0.15) is 5.76 Å². The first kappa shape index (κ1) is 14.9. The lowest BCUT2D eigenvalue weighted by Gasteiger charge is -2.18. The van der Waals surface area contributed by atoms with E-state index in [-0.39, 0.29) is 0 Å². The summed E-state index contributed by atoms with van der Waals surface area (Å²) in [5.41, 5.74) is 2.72. The van der Waals surface area contributed by atoms with Crippen molar-refractivity contribution in [3.05, 3.63) is 59.5 Å². The minimum absolute atomic E-state index is 0.520. The van der Waals surface area contributed by atoms with Crippen molar-refractivity contribution in [3.63, 3.8) is 0 Å². The minimum Gasteiger partial charge on any atom is -0.469 e. The third-order valence-electron chi connectivity index (χ3n) is 3.53. The van der Waals surface area contributed by atoms with Crippen molar-refractivity contribution in [2.24, 2.45) is 5.92 Å². The Labute approximate surface area is 122 Å². The highest BCUT2D eigenvalue weighted by Crippen LogP contribution is 2.15. The molecule has 0 amide bonds. The highest BCUT2D eigenvalue weighted by Gasteiger charge is 2.13. The van der Waals surface area contributed by atoms with Crippen LogP contribution in [0.25, 0.3) is 0 Å². The Morgan fingerprint density at radius 2 is 1.80 bits per heavy atom. The Morgan fingerprint density at radius 1 is 1.05 bits per heavy atom. The Bertz CT molecular complexity index is 485. The number of rotatable bonds is 7. The molecule has 1 N–H and O–H groups in total. The van der Waals surface area contributed by atoms with Gasteiger partial charge in [-0.1, -0.05) is 43.7 Å². The molecule has 1 heterocycles. The van der Waals surface area contributed by atoms with Gasteiger partial charge in [-0.15, -0.1) is 0 Å². The van der Waals surface area contributed by atoms with Gasteiger partial charge in [-0.05, 0) is 43.5 Å². The van der Waals surface area contributed by atoms with Crippen molar-refractivity contribution in [3.8, 4) is 0 Å². The van der Waals surface area contributed by atoms with E-state index in [4.69, 9.17) is 4.42 Å². The molecule has 1 atom stereocenters. The summed E-state index contributed by atoms with van der Waals surface area (Å²) < 4.78 is 5.50. The van der Waals surface area contributed by atoms with Gasteiger partial charge in [0.05, 0.1) is 6.26 Å². The maximum absolute atomic E-state index is 5.50. The highest BCUT2D eigenvalue weighted by atomic mass is 16.3. The van der Waals surface area contributed by atoms with Gasteiger partial charge in [-0.25, -0.2) is 0 Å². The summed E-state index contributed by atoms with van der Waals surface area (Å²) in [6.45, 7) is 7.53. The molecule has 0 bridgehead atoms. The number of furan rings is 1. The Balaban J connectivity index is 1.99. The van der Waals surface area contributed by atoms with Crippen molar-refractivity contribution in [2.75, 3.05) is 6.54 Å². The van der Waals surface area contributed by atoms with Crippen LogP contribution in [0.5, 0.6) is 0 Å². The summed E-state index contributed by atoms with van der Waals surface area (Å²) >= 11 is 0. The third-order valence-corrected chi connectivity index (χ3v) is 3.53. The second-order valence-electron chi connectivity index (χ2n) is 5.90. The third kappa shape index (κ3) is 4.86. The first-order chi connectivity index (χ1) is 9.63. The Kier molecular flexibility index (Phi) is 5.42. The zero-order valence-electron chi connectivity index (χ0n) is 12.7.